The predicted octanol–water partition coefficient (Wildman–Crippen LogP) is 3.04. The van der Waals surface area contributed by atoms with Gasteiger partial charge in [0.1, 0.15) is 11.5 Å². The topological polar surface area (TPSA) is 123 Å². The maximum Gasteiger partial charge on any atom is 0.310 e. The van der Waals surface area contributed by atoms with E-state index >= 15 is 0 Å². The van der Waals surface area contributed by atoms with Gasteiger partial charge in [-0.15, -0.1) is 0 Å². The summed E-state index contributed by atoms with van der Waals surface area (Å²) in [6, 6.07) is 10.8. The third-order valence-corrected chi connectivity index (χ3v) is 3.86. The van der Waals surface area contributed by atoms with Crippen LogP contribution >= 0.6 is 0 Å². The molecule has 2 aromatic carbocycles. The Morgan fingerprint density at radius 3 is 2.19 bits per heavy atom. The van der Waals surface area contributed by atoms with Crippen molar-refractivity contribution in [3.05, 3.63) is 53.6 Å². The van der Waals surface area contributed by atoms with Gasteiger partial charge in [0.15, 0.2) is 0 Å². The Morgan fingerprint density at radius 2 is 1.58 bits per heavy atom. The smallest absolute Gasteiger partial charge is 0.310 e. The molecule has 2 aromatic rings. The van der Waals surface area contributed by atoms with E-state index in [0.29, 0.717) is 16.8 Å². The number of hydrogen-bond acceptors (Lipinski definition) is 7. The lowest BCUT2D eigenvalue weighted by molar-refractivity contribution is -0.134. The summed E-state index contributed by atoms with van der Waals surface area (Å²) in [6.45, 7) is 4.70. The van der Waals surface area contributed by atoms with Crippen molar-refractivity contribution in [1.82, 2.24) is 5.43 Å². The van der Waals surface area contributed by atoms with E-state index in [4.69, 9.17) is 9.47 Å². The SMILES string of the molecule is CCC(=O)Oc1ccc(C=NNC(=O)c2ccc(NC(C)=O)cc2)c(OC(=O)CC)c1. The number of hydrogen-bond donors (Lipinski definition) is 2. The fourth-order valence-corrected chi connectivity index (χ4v) is 2.30. The molecule has 0 radical (unpaired) electrons. The van der Waals surface area contributed by atoms with Gasteiger partial charge in [0.25, 0.3) is 5.91 Å². The van der Waals surface area contributed by atoms with Crippen molar-refractivity contribution in [1.29, 1.82) is 0 Å². The Bertz CT molecular complexity index is 999. The van der Waals surface area contributed by atoms with E-state index in [1.54, 1.807) is 44.2 Å². The minimum atomic E-state index is -0.475. The second kappa shape index (κ2) is 11.2. The number of ether oxygens (including phenoxy) is 2. The van der Waals surface area contributed by atoms with E-state index in [9.17, 15) is 19.2 Å². The van der Waals surface area contributed by atoms with Crippen molar-refractivity contribution < 1.29 is 28.7 Å². The first-order valence-corrected chi connectivity index (χ1v) is 9.58. The lowest BCUT2D eigenvalue weighted by atomic mass is 10.2. The average molecular weight is 425 g/mol. The quantitative estimate of drug-likeness (QED) is 0.290. The molecule has 0 atom stereocenters. The fraction of sp³-hybridized carbons (Fsp3) is 0.227. The molecule has 0 aliphatic rings. The van der Waals surface area contributed by atoms with Crippen LogP contribution in [0.2, 0.25) is 0 Å². The van der Waals surface area contributed by atoms with Crippen LogP contribution in [0.3, 0.4) is 0 Å². The van der Waals surface area contributed by atoms with Crippen LogP contribution in [0.25, 0.3) is 0 Å². The number of esters is 2. The number of benzene rings is 2. The summed E-state index contributed by atoms with van der Waals surface area (Å²) in [6.07, 6.45) is 1.67. The maximum absolute atomic E-state index is 12.2. The molecule has 0 heterocycles. The molecule has 31 heavy (non-hydrogen) atoms. The maximum atomic E-state index is 12.2. The number of carbonyl (C=O) groups is 4. The number of hydrazone groups is 1. The minimum Gasteiger partial charge on any atom is -0.426 e. The second-order valence-corrected chi connectivity index (χ2v) is 6.31. The van der Waals surface area contributed by atoms with Gasteiger partial charge in [-0.25, -0.2) is 5.43 Å². The normalized spacial score (nSPS) is 10.4. The average Bonchev–Trinajstić information content (AvgIpc) is 2.75. The molecule has 0 aromatic heterocycles. The van der Waals surface area contributed by atoms with E-state index in [-0.39, 0.29) is 30.2 Å². The van der Waals surface area contributed by atoms with Gasteiger partial charge in [0, 0.05) is 42.6 Å². The molecule has 0 fully saturated rings. The molecule has 0 saturated heterocycles. The lowest BCUT2D eigenvalue weighted by Gasteiger charge is -2.09. The molecule has 0 spiro atoms. The summed E-state index contributed by atoms with van der Waals surface area (Å²) in [5, 5.41) is 6.51. The largest absolute Gasteiger partial charge is 0.426 e. The summed E-state index contributed by atoms with van der Waals surface area (Å²) < 4.78 is 10.4. The summed E-state index contributed by atoms with van der Waals surface area (Å²) in [4.78, 5) is 46.5. The highest BCUT2D eigenvalue weighted by Gasteiger charge is 2.11. The van der Waals surface area contributed by atoms with E-state index in [1.807, 2.05) is 0 Å². The Kier molecular flexibility index (Phi) is 8.44. The van der Waals surface area contributed by atoms with Crippen molar-refractivity contribution in [2.24, 2.45) is 5.10 Å². The first-order valence-electron chi connectivity index (χ1n) is 9.58. The second-order valence-electron chi connectivity index (χ2n) is 6.31. The summed E-state index contributed by atoms with van der Waals surface area (Å²) in [5.74, 6) is -1.21. The van der Waals surface area contributed by atoms with Gasteiger partial charge < -0.3 is 14.8 Å². The van der Waals surface area contributed by atoms with Crippen LogP contribution in [0.4, 0.5) is 5.69 Å². The van der Waals surface area contributed by atoms with E-state index in [0.717, 1.165) is 0 Å². The van der Waals surface area contributed by atoms with Crippen molar-refractivity contribution in [3.8, 4) is 11.5 Å². The molecule has 2 N–H and O–H groups in total. The lowest BCUT2D eigenvalue weighted by Crippen LogP contribution is -2.18. The van der Waals surface area contributed by atoms with Crippen LogP contribution in [0.15, 0.2) is 47.6 Å². The number of nitrogens with zero attached hydrogens (tertiary/aromatic N) is 1. The fourth-order valence-electron chi connectivity index (χ4n) is 2.30. The van der Waals surface area contributed by atoms with Crippen LogP contribution in [-0.2, 0) is 14.4 Å². The highest BCUT2D eigenvalue weighted by molar-refractivity contribution is 5.96. The molecule has 2 rings (SSSR count). The molecular weight excluding hydrogens is 402 g/mol. The van der Waals surface area contributed by atoms with Crippen molar-refractivity contribution in [3.63, 3.8) is 0 Å². The Morgan fingerprint density at radius 1 is 0.935 bits per heavy atom. The third-order valence-electron chi connectivity index (χ3n) is 3.86. The zero-order valence-electron chi connectivity index (χ0n) is 17.4. The molecule has 0 aliphatic carbocycles. The number of rotatable bonds is 8. The number of anilines is 1. The van der Waals surface area contributed by atoms with Gasteiger partial charge in [0.05, 0.1) is 6.21 Å². The van der Waals surface area contributed by atoms with Gasteiger partial charge in [-0.3, -0.25) is 19.2 Å². The Labute approximate surface area is 179 Å². The molecular formula is C22H23N3O6. The number of carbonyl (C=O) groups excluding carboxylic acids is 4. The predicted molar refractivity (Wildman–Crippen MR) is 114 cm³/mol. The van der Waals surface area contributed by atoms with Crippen molar-refractivity contribution >= 4 is 35.7 Å². The molecule has 2 amide bonds. The molecule has 162 valence electrons. The molecule has 0 bridgehead atoms. The summed E-state index contributed by atoms with van der Waals surface area (Å²) in [5.41, 5.74) is 3.68. The van der Waals surface area contributed by atoms with Gasteiger partial charge in [-0.2, -0.15) is 5.10 Å². The molecule has 0 aliphatic heterocycles. The van der Waals surface area contributed by atoms with Crippen LogP contribution in [0.1, 0.15) is 49.5 Å². The molecule has 9 nitrogen and oxygen atoms in total. The van der Waals surface area contributed by atoms with Gasteiger partial charge in [-0.1, -0.05) is 13.8 Å². The summed E-state index contributed by atoms with van der Waals surface area (Å²) in [7, 11) is 0. The van der Waals surface area contributed by atoms with Crippen molar-refractivity contribution in [2.45, 2.75) is 33.6 Å². The number of amides is 2. The standard InChI is InChI=1S/C22H23N3O6/c1-4-20(27)30-18-11-8-16(19(12-18)31-21(28)5-2)13-23-25-22(29)15-6-9-17(10-7-15)24-14(3)26/h6-13H,4-5H2,1-3H3,(H,24,26)(H,25,29). The zero-order chi connectivity index (χ0) is 22.8. The van der Waals surface area contributed by atoms with Crippen LogP contribution in [0.5, 0.6) is 11.5 Å². The molecule has 0 unspecified atom stereocenters. The van der Waals surface area contributed by atoms with Crippen molar-refractivity contribution in [2.75, 3.05) is 5.32 Å². The zero-order valence-corrected chi connectivity index (χ0v) is 17.4. The van der Waals surface area contributed by atoms with Gasteiger partial charge >= 0.3 is 11.9 Å². The van der Waals surface area contributed by atoms with Gasteiger partial charge in [-0.05, 0) is 36.4 Å². The van der Waals surface area contributed by atoms with Crippen LogP contribution in [-0.4, -0.2) is 30.0 Å². The van der Waals surface area contributed by atoms with E-state index in [2.05, 4.69) is 15.8 Å². The highest BCUT2D eigenvalue weighted by atomic mass is 16.5. The highest BCUT2D eigenvalue weighted by Crippen LogP contribution is 2.24. The van der Waals surface area contributed by atoms with E-state index in [1.165, 1.54) is 25.3 Å². The number of nitrogens with one attached hydrogen (secondary N) is 2. The summed E-state index contributed by atoms with van der Waals surface area (Å²) >= 11 is 0. The molecule has 0 saturated carbocycles. The van der Waals surface area contributed by atoms with Crippen LogP contribution in [0, 0.1) is 0 Å². The third kappa shape index (κ3) is 7.39. The first-order chi connectivity index (χ1) is 14.8. The molecule has 9 heteroatoms. The first kappa shape index (κ1) is 23.3. The van der Waals surface area contributed by atoms with Gasteiger partial charge in [0.2, 0.25) is 5.91 Å². The minimum absolute atomic E-state index is 0.144. The van der Waals surface area contributed by atoms with Crippen LogP contribution < -0.4 is 20.2 Å². The Hall–Kier alpha value is -4.01. The monoisotopic (exact) mass is 425 g/mol. The van der Waals surface area contributed by atoms with E-state index < -0.39 is 17.8 Å². The Balaban J connectivity index is 2.12.